The fraction of sp³-hybridized carbons (Fsp3) is 0.500. The highest BCUT2D eigenvalue weighted by Crippen LogP contribution is 2.21. The SMILES string of the molecule is CN(Cc1cc(Br)ccc1F)C(=O)[C@@H](N)C(C)(C)C.Cl. The molecule has 0 radical (unpaired) electrons. The summed E-state index contributed by atoms with van der Waals surface area (Å²) in [5.41, 5.74) is 6.07. The van der Waals surface area contributed by atoms with Crippen LogP contribution in [0.5, 0.6) is 0 Å². The number of amides is 1. The largest absolute Gasteiger partial charge is 0.340 e. The summed E-state index contributed by atoms with van der Waals surface area (Å²) in [6, 6.07) is 4.07. The molecule has 2 N–H and O–H groups in total. The van der Waals surface area contributed by atoms with Crippen molar-refractivity contribution < 1.29 is 9.18 Å². The van der Waals surface area contributed by atoms with E-state index in [-0.39, 0.29) is 36.1 Å². The number of carbonyl (C=O) groups is 1. The van der Waals surface area contributed by atoms with Crippen molar-refractivity contribution in [3.8, 4) is 0 Å². The van der Waals surface area contributed by atoms with Gasteiger partial charge in [0, 0.05) is 23.6 Å². The predicted octanol–water partition coefficient (Wildman–Crippen LogP) is 3.34. The van der Waals surface area contributed by atoms with Crippen LogP contribution >= 0.6 is 28.3 Å². The minimum Gasteiger partial charge on any atom is -0.340 e. The van der Waals surface area contributed by atoms with E-state index in [0.29, 0.717) is 5.56 Å². The lowest BCUT2D eigenvalue weighted by Gasteiger charge is -2.30. The quantitative estimate of drug-likeness (QED) is 0.890. The zero-order chi connectivity index (χ0) is 14.8. The summed E-state index contributed by atoms with van der Waals surface area (Å²) in [7, 11) is 1.63. The second-order valence-corrected chi connectivity index (χ2v) is 6.69. The Morgan fingerprint density at radius 3 is 2.50 bits per heavy atom. The molecular formula is C14H21BrClFN2O. The molecule has 1 amide bonds. The summed E-state index contributed by atoms with van der Waals surface area (Å²) >= 11 is 3.29. The van der Waals surface area contributed by atoms with E-state index in [1.807, 2.05) is 20.8 Å². The first kappa shape index (κ1) is 19.4. The topological polar surface area (TPSA) is 46.3 Å². The van der Waals surface area contributed by atoms with Crippen molar-refractivity contribution in [2.45, 2.75) is 33.4 Å². The van der Waals surface area contributed by atoms with E-state index in [0.717, 1.165) is 4.47 Å². The molecule has 0 saturated carbocycles. The molecule has 1 atom stereocenters. The molecule has 0 saturated heterocycles. The Bertz CT molecular complexity index is 477. The van der Waals surface area contributed by atoms with Crippen molar-refractivity contribution in [1.82, 2.24) is 4.90 Å². The summed E-state index contributed by atoms with van der Waals surface area (Å²) in [5, 5.41) is 0. The fourth-order valence-corrected chi connectivity index (χ4v) is 2.01. The van der Waals surface area contributed by atoms with Crippen LogP contribution in [0, 0.1) is 11.2 Å². The number of halogens is 3. The third kappa shape index (κ3) is 5.04. The molecule has 1 rings (SSSR count). The van der Waals surface area contributed by atoms with Gasteiger partial charge in [-0.2, -0.15) is 0 Å². The summed E-state index contributed by atoms with van der Waals surface area (Å²) in [6.45, 7) is 5.92. The van der Waals surface area contributed by atoms with Crippen molar-refractivity contribution in [3.05, 3.63) is 34.1 Å². The molecule has 0 aliphatic rings. The molecule has 0 heterocycles. The molecule has 20 heavy (non-hydrogen) atoms. The van der Waals surface area contributed by atoms with Crippen molar-refractivity contribution >= 4 is 34.2 Å². The van der Waals surface area contributed by atoms with E-state index < -0.39 is 6.04 Å². The average molecular weight is 368 g/mol. The van der Waals surface area contributed by atoms with Gasteiger partial charge in [0.15, 0.2) is 0 Å². The molecule has 0 aliphatic heterocycles. The lowest BCUT2D eigenvalue weighted by molar-refractivity contribution is -0.134. The molecule has 0 aromatic heterocycles. The van der Waals surface area contributed by atoms with Crippen LogP contribution in [0.15, 0.2) is 22.7 Å². The first-order valence-electron chi connectivity index (χ1n) is 6.07. The van der Waals surface area contributed by atoms with Crippen LogP contribution in [0.2, 0.25) is 0 Å². The van der Waals surface area contributed by atoms with Gasteiger partial charge >= 0.3 is 0 Å². The predicted molar refractivity (Wildman–Crippen MR) is 85.3 cm³/mol. The van der Waals surface area contributed by atoms with E-state index in [4.69, 9.17) is 5.73 Å². The minimum absolute atomic E-state index is 0. The van der Waals surface area contributed by atoms with Crippen molar-refractivity contribution in [3.63, 3.8) is 0 Å². The highest BCUT2D eigenvalue weighted by atomic mass is 79.9. The van der Waals surface area contributed by atoms with Crippen LogP contribution in [0.3, 0.4) is 0 Å². The summed E-state index contributed by atoms with van der Waals surface area (Å²) in [6.07, 6.45) is 0. The minimum atomic E-state index is -0.604. The molecular weight excluding hydrogens is 347 g/mol. The molecule has 0 aliphatic carbocycles. The number of likely N-dealkylation sites (N-methyl/N-ethyl adjacent to an activating group) is 1. The fourth-order valence-electron chi connectivity index (χ4n) is 1.61. The van der Waals surface area contributed by atoms with Crippen LogP contribution in [0.25, 0.3) is 0 Å². The maximum absolute atomic E-state index is 13.6. The molecule has 6 heteroatoms. The summed E-state index contributed by atoms with van der Waals surface area (Å²) < 4.78 is 14.4. The van der Waals surface area contributed by atoms with Gasteiger partial charge in [-0.25, -0.2) is 4.39 Å². The maximum atomic E-state index is 13.6. The molecule has 0 fully saturated rings. The van der Waals surface area contributed by atoms with E-state index in [2.05, 4.69) is 15.9 Å². The summed E-state index contributed by atoms with van der Waals surface area (Å²) in [5.74, 6) is -0.515. The van der Waals surface area contributed by atoms with Gasteiger partial charge in [-0.05, 0) is 23.6 Å². The molecule has 0 spiro atoms. The molecule has 1 aromatic carbocycles. The first-order chi connectivity index (χ1) is 8.62. The standard InChI is InChI=1S/C14H20BrFN2O.ClH/c1-14(2,3)12(17)13(19)18(4)8-9-7-10(15)5-6-11(9)16;/h5-7,12H,8,17H2,1-4H3;1H/t12-;/m1./s1. The number of hydrogen-bond acceptors (Lipinski definition) is 2. The Morgan fingerprint density at radius 1 is 1.45 bits per heavy atom. The van der Waals surface area contributed by atoms with Crippen LogP contribution in [-0.4, -0.2) is 23.9 Å². The van der Waals surface area contributed by atoms with Gasteiger partial charge in [0.2, 0.25) is 5.91 Å². The second-order valence-electron chi connectivity index (χ2n) is 5.77. The van der Waals surface area contributed by atoms with E-state index in [1.54, 1.807) is 19.2 Å². The molecule has 3 nitrogen and oxygen atoms in total. The van der Waals surface area contributed by atoms with Crippen LogP contribution in [0.4, 0.5) is 4.39 Å². The monoisotopic (exact) mass is 366 g/mol. The van der Waals surface area contributed by atoms with Gasteiger partial charge in [-0.15, -0.1) is 12.4 Å². The highest BCUT2D eigenvalue weighted by molar-refractivity contribution is 9.10. The molecule has 1 aromatic rings. The third-order valence-electron chi connectivity index (χ3n) is 2.99. The number of nitrogens with zero attached hydrogens (tertiary/aromatic N) is 1. The van der Waals surface area contributed by atoms with Crippen LogP contribution < -0.4 is 5.73 Å². The lowest BCUT2D eigenvalue weighted by atomic mass is 9.86. The van der Waals surface area contributed by atoms with Crippen molar-refractivity contribution in [2.24, 2.45) is 11.1 Å². The van der Waals surface area contributed by atoms with Crippen LogP contribution in [-0.2, 0) is 11.3 Å². The Hall–Kier alpha value is -0.650. The maximum Gasteiger partial charge on any atom is 0.240 e. The second kappa shape index (κ2) is 7.38. The van der Waals surface area contributed by atoms with Gasteiger partial charge < -0.3 is 10.6 Å². The van der Waals surface area contributed by atoms with Gasteiger partial charge in [-0.3, -0.25) is 4.79 Å². The first-order valence-corrected chi connectivity index (χ1v) is 6.86. The Morgan fingerprint density at radius 2 is 2.00 bits per heavy atom. The number of carbonyl (C=O) groups excluding carboxylic acids is 1. The van der Waals surface area contributed by atoms with E-state index >= 15 is 0 Å². The lowest BCUT2D eigenvalue weighted by Crippen LogP contribution is -2.49. The van der Waals surface area contributed by atoms with Crippen molar-refractivity contribution in [1.29, 1.82) is 0 Å². The van der Waals surface area contributed by atoms with Gasteiger partial charge in [0.05, 0.1) is 6.04 Å². The Labute approximate surface area is 134 Å². The molecule has 114 valence electrons. The van der Waals surface area contributed by atoms with Gasteiger partial charge in [-0.1, -0.05) is 36.7 Å². The van der Waals surface area contributed by atoms with E-state index in [9.17, 15) is 9.18 Å². The summed E-state index contributed by atoms with van der Waals surface area (Å²) in [4.78, 5) is 13.6. The number of benzene rings is 1. The zero-order valence-corrected chi connectivity index (χ0v) is 14.5. The van der Waals surface area contributed by atoms with Crippen LogP contribution in [0.1, 0.15) is 26.3 Å². The number of hydrogen-bond donors (Lipinski definition) is 1. The van der Waals surface area contributed by atoms with Gasteiger partial charge in [0.25, 0.3) is 0 Å². The smallest absolute Gasteiger partial charge is 0.240 e. The third-order valence-corrected chi connectivity index (χ3v) is 3.48. The van der Waals surface area contributed by atoms with Crippen molar-refractivity contribution in [2.75, 3.05) is 7.05 Å². The Balaban J connectivity index is 0.00000361. The zero-order valence-electron chi connectivity index (χ0n) is 12.1. The number of nitrogens with two attached hydrogens (primary N) is 1. The number of rotatable bonds is 3. The van der Waals surface area contributed by atoms with E-state index in [1.165, 1.54) is 11.0 Å². The highest BCUT2D eigenvalue weighted by Gasteiger charge is 2.29. The molecule has 0 bridgehead atoms. The average Bonchev–Trinajstić information content (AvgIpc) is 2.30. The normalized spacial score (nSPS) is 12.6. The van der Waals surface area contributed by atoms with Gasteiger partial charge in [0.1, 0.15) is 5.82 Å². The molecule has 0 unspecified atom stereocenters. The Kier molecular flexibility index (Phi) is 7.14.